The molecule has 0 unspecified atom stereocenters. The fraction of sp³-hybridized carbons (Fsp3) is 0.240. The van der Waals surface area contributed by atoms with E-state index in [1.165, 1.54) is 5.56 Å². The number of hydrogen-bond donors (Lipinski definition) is 1. The summed E-state index contributed by atoms with van der Waals surface area (Å²) >= 11 is 0. The highest BCUT2D eigenvalue weighted by atomic mass is 16.5. The third-order valence-electron chi connectivity index (χ3n) is 5.65. The monoisotopic (exact) mass is 428 g/mol. The van der Waals surface area contributed by atoms with Crippen molar-refractivity contribution in [3.63, 3.8) is 0 Å². The molecule has 0 spiro atoms. The fourth-order valence-electron chi connectivity index (χ4n) is 3.94. The summed E-state index contributed by atoms with van der Waals surface area (Å²) in [7, 11) is 0. The van der Waals surface area contributed by atoms with Crippen LogP contribution in [0.1, 0.15) is 21.6 Å². The summed E-state index contributed by atoms with van der Waals surface area (Å²) in [4.78, 5) is 20.2. The minimum atomic E-state index is -0.221. The number of carbonyl (C=O) groups is 1. The largest absolute Gasteiger partial charge is 0.379 e. The summed E-state index contributed by atoms with van der Waals surface area (Å²) in [6.45, 7) is 6.14. The number of carbonyl (C=O) groups excluding carboxylic acids is 1. The van der Waals surface area contributed by atoms with Crippen molar-refractivity contribution in [3.8, 4) is 11.3 Å². The van der Waals surface area contributed by atoms with Gasteiger partial charge in [0.15, 0.2) is 0 Å². The van der Waals surface area contributed by atoms with Crippen LogP contribution in [0.25, 0.3) is 22.4 Å². The van der Waals surface area contributed by atoms with Crippen LogP contribution < -0.4 is 5.32 Å². The lowest BCUT2D eigenvalue weighted by Crippen LogP contribution is -2.35. The van der Waals surface area contributed by atoms with E-state index in [1.807, 2.05) is 61.5 Å². The summed E-state index contributed by atoms with van der Waals surface area (Å²) in [6, 6.07) is 19.5. The van der Waals surface area contributed by atoms with E-state index in [9.17, 15) is 4.79 Å². The van der Waals surface area contributed by atoms with E-state index in [4.69, 9.17) is 9.26 Å². The second-order valence-corrected chi connectivity index (χ2v) is 7.91. The van der Waals surface area contributed by atoms with Gasteiger partial charge >= 0.3 is 0 Å². The van der Waals surface area contributed by atoms with Crippen molar-refractivity contribution in [2.75, 3.05) is 31.6 Å². The van der Waals surface area contributed by atoms with Crippen molar-refractivity contribution >= 4 is 22.7 Å². The van der Waals surface area contributed by atoms with Crippen LogP contribution in [0.5, 0.6) is 0 Å². The van der Waals surface area contributed by atoms with Gasteiger partial charge in [0, 0.05) is 30.9 Å². The first-order valence-corrected chi connectivity index (χ1v) is 10.7. The average molecular weight is 428 g/mol. The zero-order chi connectivity index (χ0) is 21.9. The third kappa shape index (κ3) is 4.26. The number of amides is 1. The first-order chi connectivity index (χ1) is 15.7. The minimum Gasteiger partial charge on any atom is -0.379 e. The van der Waals surface area contributed by atoms with Crippen LogP contribution in [0.4, 0.5) is 5.69 Å². The Morgan fingerprint density at radius 2 is 1.81 bits per heavy atom. The summed E-state index contributed by atoms with van der Waals surface area (Å²) in [5.41, 5.74) is 5.00. The van der Waals surface area contributed by atoms with E-state index < -0.39 is 0 Å². The second-order valence-electron chi connectivity index (χ2n) is 7.91. The molecule has 5 rings (SSSR count). The molecule has 0 saturated carbocycles. The highest BCUT2D eigenvalue weighted by Crippen LogP contribution is 2.27. The number of pyridine rings is 1. The Bertz CT molecular complexity index is 1230. The molecule has 1 fully saturated rings. The van der Waals surface area contributed by atoms with Crippen LogP contribution in [0.15, 0.2) is 65.2 Å². The third-order valence-corrected chi connectivity index (χ3v) is 5.65. The van der Waals surface area contributed by atoms with Gasteiger partial charge in [0.05, 0.1) is 35.6 Å². The quantitative estimate of drug-likeness (QED) is 0.511. The molecule has 1 saturated heterocycles. The molecule has 2 aromatic heterocycles. The molecule has 4 aromatic rings. The standard InChI is InChI=1S/C25H24N4O3/c1-17-23-21(15-22(27-25(23)32-28-17)19-5-3-2-4-6-19)24(30)26-20-9-7-18(8-10-20)16-29-11-13-31-14-12-29/h2-10,15H,11-14,16H2,1H3,(H,26,30). The van der Waals surface area contributed by atoms with E-state index in [1.54, 1.807) is 6.07 Å². The SMILES string of the molecule is Cc1noc2nc(-c3ccccc3)cc(C(=O)Nc3ccc(CN4CCOCC4)cc3)c12. The predicted molar refractivity (Wildman–Crippen MR) is 122 cm³/mol. The van der Waals surface area contributed by atoms with E-state index in [-0.39, 0.29) is 5.91 Å². The van der Waals surface area contributed by atoms with Crippen LogP contribution in [-0.4, -0.2) is 47.3 Å². The second kappa shape index (κ2) is 8.90. The Morgan fingerprint density at radius 1 is 1.06 bits per heavy atom. The lowest BCUT2D eigenvalue weighted by molar-refractivity contribution is 0.0342. The van der Waals surface area contributed by atoms with Gasteiger partial charge in [0.2, 0.25) is 0 Å². The molecule has 0 radical (unpaired) electrons. The van der Waals surface area contributed by atoms with Crippen LogP contribution in [0.3, 0.4) is 0 Å². The summed E-state index contributed by atoms with van der Waals surface area (Å²) in [6.07, 6.45) is 0. The highest BCUT2D eigenvalue weighted by Gasteiger charge is 2.19. The number of benzene rings is 2. The van der Waals surface area contributed by atoms with Crippen molar-refractivity contribution in [3.05, 3.63) is 77.5 Å². The van der Waals surface area contributed by atoms with Gasteiger partial charge in [-0.2, -0.15) is 0 Å². The number of aromatic nitrogens is 2. The van der Waals surface area contributed by atoms with E-state index in [0.717, 1.165) is 44.1 Å². The number of fused-ring (bicyclic) bond motifs is 1. The van der Waals surface area contributed by atoms with Crippen LogP contribution >= 0.6 is 0 Å². The molecule has 0 aliphatic carbocycles. The lowest BCUT2D eigenvalue weighted by Gasteiger charge is -2.26. The molecule has 1 N–H and O–H groups in total. The number of morpholine rings is 1. The maximum atomic E-state index is 13.2. The van der Waals surface area contributed by atoms with E-state index in [0.29, 0.717) is 28.1 Å². The Balaban J connectivity index is 1.39. The number of ether oxygens (including phenoxy) is 1. The van der Waals surface area contributed by atoms with Crippen LogP contribution in [0.2, 0.25) is 0 Å². The molecular formula is C25H24N4O3. The predicted octanol–water partition coefficient (Wildman–Crippen LogP) is 4.28. The molecule has 1 aliphatic heterocycles. The van der Waals surface area contributed by atoms with Gasteiger partial charge in [0.1, 0.15) is 0 Å². The van der Waals surface area contributed by atoms with Gasteiger partial charge in [0.25, 0.3) is 11.6 Å². The first-order valence-electron chi connectivity index (χ1n) is 10.7. The summed E-state index contributed by atoms with van der Waals surface area (Å²) < 4.78 is 10.8. The molecule has 1 amide bonds. The number of rotatable bonds is 5. The maximum absolute atomic E-state index is 13.2. The van der Waals surface area contributed by atoms with Crippen molar-refractivity contribution < 1.29 is 14.1 Å². The van der Waals surface area contributed by atoms with Gasteiger partial charge in [-0.15, -0.1) is 0 Å². The van der Waals surface area contributed by atoms with Gasteiger partial charge in [-0.3, -0.25) is 9.69 Å². The van der Waals surface area contributed by atoms with Gasteiger partial charge < -0.3 is 14.6 Å². The molecule has 1 aliphatic rings. The minimum absolute atomic E-state index is 0.221. The zero-order valence-corrected chi connectivity index (χ0v) is 17.9. The molecule has 3 heterocycles. The molecule has 0 bridgehead atoms. The van der Waals surface area contributed by atoms with E-state index >= 15 is 0 Å². The maximum Gasteiger partial charge on any atom is 0.259 e. The average Bonchev–Trinajstić information content (AvgIpc) is 3.21. The topological polar surface area (TPSA) is 80.5 Å². The Labute approximate surface area is 186 Å². The molecular weight excluding hydrogens is 404 g/mol. The zero-order valence-electron chi connectivity index (χ0n) is 17.9. The smallest absolute Gasteiger partial charge is 0.259 e. The Hall–Kier alpha value is -3.55. The number of hydrogen-bond acceptors (Lipinski definition) is 6. The number of anilines is 1. The first kappa shape index (κ1) is 20.4. The van der Waals surface area contributed by atoms with Gasteiger partial charge in [-0.25, -0.2) is 4.98 Å². The highest BCUT2D eigenvalue weighted by molar-refractivity contribution is 6.13. The van der Waals surface area contributed by atoms with E-state index in [2.05, 4.69) is 20.4 Å². The Morgan fingerprint density at radius 3 is 2.56 bits per heavy atom. The number of nitrogens with zero attached hydrogens (tertiary/aromatic N) is 3. The molecule has 0 atom stereocenters. The van der Waals surface area contributed by atoms with Crippen molar-refractivity contribution in [2.24, 2.45) is 0 Å². The Kier molecular flexibility index (Phi) is 5.66. The van der Waals surface area contributed by atoms with Gasteiger partial charge in [-0.05, 0) is 30.7 Å². The number of aryl methyl sites for hydroxylation is 1. The summed E-state index contributed by atoms with van der Waals surface area (Å²) in [5.74, 6) is -0.221. The normalized spacial score (nSPS) is 14.5. The molecule has 32 heavy (non-hydrogen) atoms. The van der Waals surface area contributed by atoms with Crippen molar-refractivity contribution in [2.45, 2.75) is 13.5 Å². The number of nitrogens with one attached hydrogen (secondary N) is 1. The molecule has 162 valence electrons. The van der Waals surface area contributed by atoms with Crippen LogP contribution in [0, 0.1) is 6.92 Å². The fourth-order valence-corrected chi connectivity index (χ4v) is 3.94. The van der Waals surface area contributed by atoms with Crippen molar-refractivity contribution in [1.29, 1.82) is 0 Å². The van der Waals surface area contributed by atoms with Crippen molar-refractivity contribution in [1.82, 2.24) is 15.0 Å². The molecule has 2 aromatic carbocycles. The molecule has 7 nitrogen and oxygen atoms in total. The van der Waals surface area contributed by atoms with Gasteiger partial charge in [-0.1, -0.05) is 47.6 Å². The molecule has 7 heteroatoms. The lowest BCUT2D eigenvalue weighted by atomic mass is 10.0. The summed E-state index contributed by atoms with van der Waals surface area (Å²) in [5, 5.41) is 7.65. The van der Waals surface area contributed by atoms with Crippen LogP contribution in [-0.2, 0) is 11.3 Å².